The van der Waals surface area contributed by atoms with Gasteiger partial charge in [-0.05, 0) is 90.9 Å². The summed E-state index contributed by atoms with van der Waals surface area (Å²) in [6, 6.07) is 52.6. The second-order valence-electron chi connectivity index (χ2n) is 11.3. The number of fused-ring (bicyclic) bond motifs is 6. The molecule has 9 rings (SSSR count). The van der Waals surface area contributed by atoms with E-state index in [2.05, 4.69) is 114 Å². The van der Waals surface area contributed by atoms with Crippen molar-refractivity contribution in [1.82, 2.24) is 9.55 Å². The molecule has 2 heteroatoms. The van der Waals surface area contributed by atoms with E-state index in [1.165, 1.54) is 32.7 Å². The van der Waals surface area contributed by atoms with Gasteiger partial charge < -0.3 is 0 Å². The highest BCUT2D eigenvalue weighted by atomic mass is 15.1. The van der Waals surface area contributed by atoms with Crippen LogP contribution in [0.3, 0.4) is 0 Å². The van der Waals surface area contributed by atoms with Gasteiger partial charge in [-0.3, -0.25) is 4.57 Å². The van der Waals surface area contributed by atoms with Crippen molar-refractivity contribution in [2.24, 2.45) is 0 Å². The summed E-state index contributed by atoms with van der Waals surface area (Å²) in [4.78, 5) is 4.63. The molecule has 0 unspecified atom stereocenters. The number of aryl methyl sites for hydroxylation is 1. The zero-order valence-corrected chi connectivity index (χ0v) is 23.8. The van der Waals surface area contributed by atoms with E-state index in [0.29, 0.717) is 5.52 Å². The highest BCUT2D eigenvalue weighted by molar-refractivity contribution is 6.26. The Hall–Kier alpha value is -5.73. The minimum Gasteiger partial charge on any atom is -0.296 e. The molecule has 0 aliphatic heterocycles. The van der Waals surface area contributed by atoms with Crippen LogP contribution in [0.1, 0.15) is 9.94 Å². The average molecular weight is 564 g/mol. The third-order valence-electron chi connectivity index (χ3n) is 8.94. The topological polar surface area (TPSA) is 17.8 Å². The van der Waals surface area contributed by atoms with Crippen LogP contribution in [0, 0.1) is 6.85 Å². The van der Waals surface area contributed by atoms with Crippen LogP contribution in [-0.2, 0) is 0 Å². The van der Waals surface area contributed by atoms with E-state index in [4.69, 9.17) is 4.11 Å². The van der Waals surface area contributed by atoms with E-state index < -0.39 is 6.85 Å². The molecule has 0 bridgehead atoms. The maximum absolute atomic E-state index is 8.43. The summed E-state index contributed by atoms with van der Waals surface area (Å²) in [5.41, 5.74) is 6.60. The van der Waals surface area contributed by atoms with Crippen LogP contribution in [0.4, 0.5) is 0 Å². The molecular weight excluding hydrogens is 532 g/mol. The van der Waals surface area contributed by atoms with E-state index in [9.17, 15) is 0 Å². The molecule has 2 nitrogen and oxygen atoms in total. The molecule has 1 heterocycles. The maximum atomic E-state index is 8.43. The fraction of sp³-hybridized carbons (Fsp3) is 0.0238. The van der Waals surface area contributed by atoms with Crippen molar-refractivity contribution in [2.45, 2.75) is 6.85 Å². The van der Waals surface area contributed by atoms with Crippen LogP contribution in [0.5, 0.6) is 0 Å². The largest absolute Gasteiger partial charge is 0.296 e. The number of nitrogens with zero attached hydrogens (tertiary/aromatic N) is 2. The molecule has 0 spiro atoms. The van der Waals surface area contributed by atoms with Crippen LogP contribution in [0.2, 0.25) is 0 Å². The molecule has 0 radical (unpaired) electrons. The fourth-order valence-corrected chi connectivity index (χ4v) is 7.12. The second-order valence-corrected chi connectivity index (χ2v) is 11.3. The number of aromatic nitrogens is 2. The lowest BCUT2D eigenvalue weighted by Gasteiger charge is -2.21. The SMILES string of the molecule is [2H]C([2H])([2H])c1nc2ccccc2n1-c1ccccc1-c1c2ccccc2c(-c2cc3ccccc3c3ccccc23)c2ccccc12. The smallest absolute Gasteiger partial charge is 0.111 e. The number of para-hydroxylation sites is 3. The molecule has 0 amide bonds. The molecule has 9 aromatic rings. The average Bonchev–Trinajstić information content (AvgIpc) is 3.51. The van der Waals surface area contributed by atoms with Gasteiger partial charge in [-0.15, -0.1) is 0 Å². The van der Waals surface area contributed by atoms with E-state index in [1.807, 2.05) is 47.0 Å². The lowest BCUT2D eigenvalue weighted by Crippen LogP contribution is -2.00. The van der Waals surface area contributed by atoms with Crippen molar-refractivity contribution >= 4 is 54.1 Å². The molecule has 0 fully saturated rings. The Bertz CT molecular complexity index is 2630. The van der Waals surface area contributed by atoms with Crippen molar-refractivity contribution in [3.8, 4) is 27.9 Å². The lowest BCUT2D eigenvalue weighted by atomic mass is 9.83. The highest BCUT2D eigenvalue weighted by Gasteiger charge is 2.21. The van der Waals surface area contributed by atoms with Gasteiger partial charge in [0.05, 0.1) is 16.7 Å². The summed E-state index contributed by atoms with van der Waals surface area (Å²) in [6.07, 6.45) is 0. The standard InChI is InChI=1S/C42H28N2/c1-27-43-38-23-11-13-25-40(38)44(27)39-24-12-10-22-36(39)41-32-18-6-8-20-34(32)42(35-21-9-7-19-33(35)41)37-26-28-14-2-3-15-29(28)30-16-4-5-17-31(30)37/h2-26H,1H3/i1D3. The van der Waals surface area contributed by atoms with Gasteiger partial charge in [-0.1, -0.05) is 127 Å². The zero-order valence-electron chi connectivity index (χ0n) is 26.8. The first kappa shape index (κ1) is 21.9. The summed E-state index contributed by atoms with van der Waals surface area (Å²) < 4.78 is 27.1. The molecule has 0 N–H and O–H groups in total. The number of benzene rings is 8. The second kappa shape index (κ2) is 9.65. The predicted molar refractivity (Wildman–Crippen MR) is 187 cm³/mol. The molecule has 0 saturated carbocycles. The Morgan fingerprint density at radius 3 is 1.70 bits per heavy atom. The minimum atomic E-state index is -2.41. The van der Waals surface area contributed by atoms with Crippen molar-refractivity contribution < 1.29 is 4.11 Å². The maximum Gasteiger partial charge on any atom is 0.111 e. The number of hydrogen-bond donors (Lipinski definition) is 0. The highest BCUT2D eigenvalue weighted by Crippen LogP contribution is 2.47. The third-order valence-corrected chi connectivity index (χ3v) is 8.94. The van der Waals surface area contributed by atoms with E-state index in [-0.39, 0.29) is 5.82 Å². The first-order valence-corrected chi connectivity index (χ1v) is 14.9. The van der Waals surface area contributed by atoms with Crippen molar-refractivity contribution in [3.05, 3.63) is 157 Å². The quantitative estimate of drug-likeness (QED) is 0.154. The van der Waals surface area contributed by atoms with E-state index in [0.717, 1.165) is 43.9 Å². The first-order chi connectivity index (χ1) is 23.0. The number of hydrogen-bond acceptors (Lipinski definition) is 1. The van der Waals surface area contributed by atoms with Crippen molar-refractivity contribution in [1.29, 1.82) is 0 Å². The molecule has 206 valence electrons. The number of imidazole rings is 1. The summed E-state index contributed by atoms with van der Waals surface area (Å²) >= 11 is 0. The Morgan fingerprint density at radius 1 is 0.477 bits per heavy atom. The minimum absolute atomic E-state index is 0.0546. The van der Waals surface area contributed by atoms with Crippen molar-refractivity contribution in [2.75, 3.05) is 0 Å². The molecule has 0 aliphatic carbocycles. The van der Waals surface area contributed by atoms with Crippen molar-refractivity contribution in [3.63, 3.8) is 0 Å². The van der Waals surface area contributed by atoms with Crippen LogP contribution in [0.25, 0.3) is 82.1 Å². The Morgan fingerprint density at radius 2 is 1.00 bits per heavy atom. The zero-order chi connectivity index (χ0) is 31.7. The summed E-state index contributed by atoms with van der Waals surface area (Å²) in [7, 11) is 0. The van der Waals surface area contributed by atoms with Gasteiger partial charge in [0.25, 0.3) is 0 Å². The van der Waals surface area contributed by atoms with Gasteiger partial charge in [0.15, 0.2) is 0 Å². The number of rotatable bonds is 3. The Balaban J connectivity index is 1.43. The van der Waals surface area contributed by atoms with Gasteiger partial charge in [0.1, 0.15) is 5.82 Å². The van der Waals surface area contributed by atoms with Crippen LogP contribution in [-0.4, -0.2) is 9.55 Å². The van der Waals surface area contributed by atoms with Gasteiger partial charge in [0.2, 0.25) is 0 Å². The predicted octanol–water partition coefficient (Wildman–Crippen LogP) is 11.3. The Kier molecular flexibility index (Phi) is 4.80. The van der Waals surface area contributed by atoms with Gasteiger partial charge >= 0.3 is 0 Å². The van der Waals surface area contributed by atoms with Gasteiger partial charge in [0, 0.05) is 9.68 Å². The van der Waals surface area contributed by atoms with Gasteiger partial charge in [-0.25, -0.2) is 4.98 Å². The summed E-state index contributed by atoms with van der Waals surface area (Å²) in [5, 5.41) is 9.37. The molecular formula is C42H28N2. The monoisotopic (exact) mass is 563 g/mol. The third kappa shape index (κ3) is 3.58. The molecule has 0 aliphatic rings. The first-order valence-electron chi connectivity index (χ1n) is 16.4. The fourth-order valence-electron chi connectivity index (χ4n) is 7.12. The van der Waals surface area contributed by atoms with E-state index >= 15 is 0 Å². The summed E-state index contributed by atoms with van der Waals surface area (Å²) in [6.45, 7) is -2.41. The van der Waals surface area contributed by atoms with E-state index in [1.54, 1.807) is 0 Å². The molecule has 0 saturated heterocycles. The van der Waals surface area contributed by atoms with Crippen LogP contribution in [0.15, 0.2) is 152 Å². The Labute approximate surface area is 259 Å². The lowest BCUT2D eigenvalue weighted by molar-refractivity contribution is 1.00. The van der Waals surface area contributed by atoms with Crippen LogP contribution >= 0.6 is 0 Å². The normalized spacial score (nSPS) is 13.0. The molecule has 8 aromatic carbocycles. The summed E-state index contributed by atoms with van der Waals surface area (Å²) in [5.74, 6) is 0.0546. The molecule has 1 aromatic heterocycles. The van der Waals surface area contributed by atoms with Gasteiger partial charge in [-0.2, -0.15) is 0 Å². The van der Waals surface area contributed by atoms with Crippen LogP contribution < -0.4 is 0 Å². The molecule has 44 heavy (non-hydrogen) atoms. The molecule has 0 atom stereocenters.